The zero-order valence-corrected chi connectivity index (χ0v) is 12.7. The van der Waals surface area contributed by atoms with Crippen LogP contribution in [0.25, 0.3) is 0 Å². The van der Waals surface area contributed by atoms with Crippen molar-refractivity contribution in [1.29, 1.82) is 0 Å². The van der Waals surface area contributed by atoms with Crippen LogP contribution in [0.3, 0.4) is 0 Å². The topological polar surface area (TPSA) is 112 Å². The molecule has 1 aromatic heterocycles. The third-order valence-electron chi connectivity index (χ3n) is 2.82. The van der Waals surface area contributed by atoms with Crippen LogP contribution in [0.1, 0.15) is 21.7 Å². The lowest BCUT2D eigenvalue weighted by Gasteiger charge is -2.12. The van der Waals surface area contributed by atoms with Crippen molar-refractivity contribution in [2.24, 2.45) is 0 Å². The molecule has 0 aliphatic heterocycles. The number of sulfonamides is 1. The normalized spacial score (nSPS) is 11.4. The Labute approximate surface area is 126 Å². The van der Waals surface area contributed by atoms with E-state index in [2.05, 4.69) is 14.9 Å². The van der Waals surface area contributed by atoms with Crippen LogP contribution in [-0.4, -0.2) is 29.7 Å². The molecular formula is C12H12ClN3O4S. The van der Waals surface area contributed by atoms with Gasteiger partial charge in [-0.25, -0.2) is 13.2 Å². The van der Waals surface area contributed by atoms with Gasteiger partial charge < -0.3 is 5.11 Å². The number of hydrogen-bond donors (Lipinski definition) is 3. The largest absolute Gasteiger partial charge is 0.476 e. The molecule has 0 fully saturated rings. The Morgan fingerprint density at radius 1 is 1.38 bits per heavy atom. The fourth-order valence-corrected chi connectivity index (χ4v) is 3.64. The molecule has 0 atom stereocenters. The number of rotatable bonds is 4. The van der Waals surface area contributed by atoms with Crippen LogP contribution >= 0.6 is 11.6 Å². The Bertz CT molecular complexity index is 794. The van der Waals surface area contributed by atoms with E-state index in [1.165, 1.54) is 13.0 Å². The van der Waals surface area contributed by atoms with Gasteiger partial charge >= 0.3 is 5.97 Å². The van der Waals surface area contributed by atoms with E-state index in [4.69, 9.17) is 16.7 Å². The summed E-state index contributed by atoms with van der Waals surface area (Å²) >= 11 is 5.97. The molecule has 0 radical (unpaired) electrons. The second-order valence-electron chi connectivity index (χ2n) is 4.37. The fraction of sp³-hybridized carbons (Fsp3) is 0.167. The lowest BCUT2D eigenvalue weighted by atomic mass is 10.2. The van der Waals surface area contributed by atoms with Crippen molar-refractivity contribution in [3.05, 3.63) is 40.2 Å². The Balaban J connectivity index is 2.54. The maximum atomic E-state index is 12.4. The molecule has 9 heteroatoms. The van der Waals surface area contributed by atoms with Gasteiger partial charge in [-0.2, -0.15) is 5.10 Å². The number of halogens is 1. The summed E-state index contributed by atoms with van der Waals surface area (Å²) in [5, 5.41) is 15.1. The Morgan fingerprint density at radius 2 is 2.05 bits per heavy atom. The van der Waals surface area contributed by atoms with E-state index >= 15 is 0 Å². The van der Waals surface area contributed by atoms with Gasteiger partial charge in [0.15, 0.2) is 5.69 Å². The smallest absolute Gasteiger partial charge is 0.357 e. The summed E-state index contributed by atoms with van der Waals surface area (Å²) in [6, 6.07) is 4.90. The van der Waals surface area contributed by atoms with Gasteiger partial charge in [-0.3, -0.25) is 9.82 Å². The van der Waals surface area contributed by atoms with Crippen LogP contribution in [0.15, 0.2) is 23.1 Å². The van der Waals surface area contributed by atoms with Crippen LogP contribution in [0, 0.1) is 13.8 Å². The summed E-state index contributed by atoms with van der Waals surface area (Å²) in [7, 11) is -4.13. The number of aromatic carboxylic acids is 1. The van der Waals surface area contributed by atoms with E-state index in [1.54, 1.807) is 19.1 Å². The van der Waals surface area contributed by atoms with Crippen molar-refractivity contribution in [2.75, 3.05) is 4.72 Å². The molecule has 1 heterocycles. The minimum Gasteiger partial charge on any atom is -0.476 e. The molecule has 0 aliphatic carbocycles. The molecule has 3 N–H and O–H groups in total. The van der Waals surface area contributed by atoms with E-state index in [1.807, 2.05) is 0 Å². The van der Waals surface area contributed by atoms with Crippen LogP contribution in [-0.2, 0) is 10.0 Å². The number of carboxylic acid groups (broad SMARTS) is 1. The lowest BCUT2D eigenvalue weighted by Crippen LogP contribution is -2.17. The summed E-state index contributed by atoms with van der Waals surface area (Å²) in [5.74, 6) is -1.43. The van der Waals surface area contributed by atoms with Crippen molar-refractivity contribution in [3.8, 4) is 0 Å². The van der Waals surface area contributed by atoms with Gasteiger partial charge in [0, 0.05) is 0 Å². The predicted molar refractivity (Wildman–Crippen MR) is 77.3 cm³/mol. The second kappa shape index (κ2) is 5.38. The molecular weight excluding hydrogens is 318 g/mol. The number of H-pyrrole nitrogens is 1. The van der Waals surface area contributed by atoms with E-state index < -0.39 is 26.6 Å². The third kappa shape index (κ3) is 2.86. The van der Waals surface area contributed by atoms with Crippen LogP contribution in [0.4, 0.5) is 5.69 Å². The zero-order valence-electron chi connectivity index (χ0n) is 11.1. The highest BCUT2D eigenvalue weighted by molar-refractivity contribution is 7.92. The molecule has 0 unspecified atom stereocenters. The summed E-state index contributed by atoms with van der Waals surface area (Å²) in [4.78, 5) is 10.7. The number of nitrogens with zero attached hydrogens (tertiary/aromatic N) is 1. The molecule has 2 aromatic rings. The highest BCUT2D eigenvalue weighted by atomic mass is 35.5. The van der Waals surface area contributed by atoms with Gasteiger partial charge in [0.05, 0.1) is 16.4 Å². The standard InChI is InChI=1S/C12H12ClN3O4S/c1-6-4-3-5-8(13)9(6)16-21(19,20)11-7(2)14-15-10(11)12(17)18/h3-5,16H,1-2H3,(H,14,15)(H,17,18). The van der Waals surface area contributed by atoms with E-state index in [0.717, 1.165) is 0 Å². The Kier molecular flexibility index (Phi) is 3.93. The minimum atomic E-state index is -4.13. The van der Waals surface area contributed by atoms with Crippen LogP contribution < -0.4 is 4.72 Å². The van der Waals surface area contributed by atoms with Crippen LogP contribution in [0.5, 0.6) is 0 Å². The van der Waals surface area contributed by atoms with Gasteiger partial charge in [0.1, 0.15) is 4.90 Å². The number of nitrogens with one attached hydrogen (secondary N) is 2. The zero-order chi connectivity index (χ0) is 15.8. The summed E-state index contributed by atoms with van der Waals surface area (Å²) in [6.07, 6.45) is 0. The molecule has 7 nitrogen and oxygen atoms in total. The summed E-state index contributed by atoms with van der Waals surface area (Å²) in [6.45, 7) is 3.11. The number of anilines is 1. The first kappa shape index (κ1) is 15.3. The Morgan fingerprint density at radius 3 is 2.62 bits per heavy atom. The number of aryl methyl sites for hydroxylation is 2. The second-order valence-corrected chi connectivity index (χ2v) is 6.40. The number of aromatic nitrogens is 2. The quantitative estimate of drug-likeness (QED) is 0.795. The highest BCUT2D eigenvalue weighted by Gasteiger charge is 2.29. The maximum Gasteiger partial charge on any atom is 0.357 e. The molecule has 112 valence electrons. The van der Waals surface area contributed by atoms with Gasteiger partial charge in [-0.05, 0) is 25.5 Å². The first-order valence-electron chi connectivity index (χ1n) is 5.80. The van der Waals surface area contributed by atoms with Crippen LogP contribution in [0.2, 0.25) is 5.02 Å². The first-order chi connectivity index (χ1) is 9.74. The summed E-state index contributed by atoms with van der Waals surface area (Å²) < 4.78 is 27.2. The first-order valence-corrected chi connectivity index (χ1v) is 7.66. The van der Waals surface area contributed by atoms with Crippen molar-refractivity contribution in [3.63, 3.8) is 0 Å². The monoisotopic (exact) mass is 329 g/mol. The van der Waals surface area contributed by atoms with Crippen molar-refractivity contribution in [2.45, 2.75) is 18.7 Å². The molecule has 0 saturated carbocycles. The Hall–Kier alpha value is -2.06. The third-order valence-corrected chi connectivity index (χ3v) is 4.65. The fourth-order valence-electron chi connectivity index (χ4n) is 1.84. The number of hydrogen-bond acceptors (Lipinski definition) is 4. The molecule has 0 bridgehead atoms. The van der Waals surface area contributed by atoms with Gasteiger partial charge in [0.25, 0.3) is 10.0 Å². The molecule has 0 amide bonds. The summed E-state index contributed by atoms with van der Waals surface area (Å²) in [5.41, 5.74) is 0.384. The number of aromatic amines is 1. The van der Waals surface area contributed by atoms with E-state index in [0.29, 0.717) is 5.56 Å². The lowest BCUT2D eigenvalue weighted by molar-refractivity contribution is 0.0686. The number of carbonyl (C=O) groups is 1. The van der Waals surface area contributed by atoms with Crippen molar-refractivity contribution < 1.29 is 18.3 Å². The van der Waals surface area contributed by atoms with Gasteiger partial charge in [-0.15, -0.1) is 0 Å². The molecule has 0 saturated heterocycles. The highest BCUT2D eigenvalue weighted by Crippen LogP contribution is 2.29. The molecule has 0 spiro atoms. The minimum absolute atomic E-state index is 0.129. The number of para-hydroxylation sites is 1. The van der Waals surface area contributed by atoms with E-state index in [9.17, 15) is 13.2 Å². The molecule has 21 heavy (non-hydrogen) atoms. The average molecular weight is 330 g/mol. The SMILES string of the molecule is Cc1cccc(Cl)c1NS(=O)(=O)c1c(C(=O)O)n[nH]c1C. The molecule has 0 aliphatic rings. The number of carboxylic acids is 1. The molecule has 1 aromatic carbocycles. The molecule has 2 rings (SSSR count). The van der Waals surface area contributed by atoms with Gasteiger partial charge in [0.2, 0.25) is 0 Å². The maximum absolute atomic E-state index is 12.4. The van der Waals surface area contributed by atoms with Gasteiger partial charge in [-0.1, -0.05) is 23.7 Å². The number of benzene rings is 1. The van der Waals surface area contributed by atoms with Crippen molar-refractivity contribution >= 4 is 33.3 Å². The predicted octanol–water partition coefficient (Wildman–Crippen LogP) is 2.18. The van der Waals surface area contributed by atoms with Crippen molar-refractivity contribution in [1.82, 2.24) is 10.2 Å². The van der Waals surface area contributed by atoms with E-state index in [-0.39, 0.29) is 16.4 Å². The average Bonchev–Trinajstić information content (AvgIpc) is 2.77.